The fourth-order valence-corrected chi connectivity index (χ4v) is 12.2. The maximum absolute atomic E-state index is 7.36. The number of anilines is 3. The first-order chi connectivity index (χ1) is 34.7. The van der Waals surface area contributed by atoms with Gasteiger partial charge >= 0.3 is 0 Å². The highest BCUT2D eigenvalue weighted by molar-refractivity contribution is 6.26. The molecule has 0 radical (unpaired) electrons. The summed E-state index contributed by atoms with van der Waals surface area (Å²) in [4.78, 5) is 2.41. The Hall–Kier alpha value is -9.18. The minimum atomic E-state index is -0.496. The van der Waals surface area contributed by atoms with Gasteiger partial charge in [-0.3, -0.25) is 0 Å². The lowest BCUT2D eigenvalue weighted by molar-refractivity contribution is 0.664. The molecule has 0 unspecified atom stereocenters. The lowest BCUT2D eigenvalue weighted by Crippen LogP contribution is -2.25. The van der Waals surface area contributed by atoms with Crippen LogP contribution >= 0.6 is 0 Å². The molecule has 3 heteroatoms. The van der Waals surface area contributed by atoms with Crippen LogP contribution in [0.1, 0.15) is 22.3 Å². The van der Waals surface area contributed by atoms with Crippen molar-refractivity contribution in [3.8, 4) is 55.6 Å². The van der Waals surface area contributed by atoms with E-state index < -0.39 is 5.41 Å². The van der Waals surface area contributed by atoms with Crippen LogP contribution in [0, 0.1) is 0 Å². The number of hydrogen-bond donors (Lipinski definition) is 0. The van der Waals surface area contributed by atoms with Crippen LogP contribution in [0.3, 0.4) is 0 Å². The average molecular weight is 892 g/mol. The molecule has 13 aromatic rings. The van der Waals surface area contributed by atoms with Gasteiger partial charge in [0.1, 0.15) is 22.3 Å². The molecule has 2 aliphatic rings. The second-order valence-corrected chi connectivity index (χ2v) is 18.6. The fraction of sp³-hybridized carbons (Fsp3) is 0.0149. The summed E-state index contributed by atoms with van der Waals surface area (Å²) in [6.07, 6.45) is 0. The highest BCUT2D eigenvalue weighted by Gasteiger charge is 2.51. The van der Waals surface area contributed by atoms with E-state index in [0.29, 0.717) is 0 Å². The zero-order valence-corrected chi connectivity index (χ0v) is 37.9. The summed E-state index contributed by atoms with van der Waals surface area (Å²) in [6.45, 7) is 0. The Morgan fingerprint density at radius 3 is 1.53 bits per heavy atom. The summed E-state index contributed by atoms with van der Waals surface area (Å²) in [5, 5.41) is 4.11. The Kier molecular flexibility index (Phi) is 8.28. The third-order valence-corrected chi connectivity index (χ3v) is 15.1. The van der Waals surface area contributed by atoms with Gasteiger partial charge in [-0.05, 0) is 115 Å². The van der Waals surface area contributed by atoms with Crippen LogP contribution in [-0.4, -0.2) is 0 Å². The number of benzene rings is 11. The van der Waals surface area contributed by atoms with Crippen molar-refractivity contribution in [2.45, 2.75) is 5.41 Å². The number of furan rings is 2. The van der Waals surface area contributed by atoms with E-state index in [1.54, 1.807) is 0 Å². The van der Waals surface area contributed by atoms with Crippen molar-refractivity contribution in [2.24, 2.45) is 0 Å². The van der Waals surface area contributed by atoms with Gasteiger partial charge in [0.15, 0.2) is 0 Å². The number of fused-ring (bicyclic) bond motifs is 16. The third kappa shape index (κ3) is 5.40. The van der Waals surface area contributed by atoms with Gasteiger partial charge in [0, 0.05) is 33.0 Å². The van der Waals surface area contributed by atoms with Gasteiger partial charge in [-0.2, -0.15) is 0 Å². The molecule has 0 N–H and O–H groups in total. The molecule has 2 aromatic heterocycles. The van der Waals surface area contributed by atoms with Crippen LogP contribution in [0.25, 0.3) is 99.5 Å². The van der Waals surface area contributed by atoms with E-state index in [0.717, 1.165) is 88.8 Å². The SMILES string of the molecule is c1ccc(-c2ccc(N(c3ccccc3-c3ccccc3)c3cccc4oc5c(-c6ccc7c(c6)C6(c8ccccc8-c8ccccc86)c6ccccc6-7)c6c(cc5c34)oc3ccccc36)cc2)cc1. The first-order valence-corrected chi connectivity index (χ1v) is 24.1. The van der Waals surface area contributed by atoms with Crippen LogP contribution < -0.4 is 4.90 Å². The maximum atomic E-state index is 7.36. The topological polar surface area (TPSA) is 29.5 Å². The molecule has 2 aliphatic carbocycles. The first-order valence-electron chi connectivity index (χ1n) is 24.1. The van der Waals surface area contributed by atoms with E-state index >= 15 is 0 Å². The van der Waals surface area contributed by atoms with Crippen molar-refractivity contribution < 1.29 is 8.83 Å². The molecule has 0 amide bonds. The zero-order chi connectivity index (χ0) is 45.9. The first kappa shape index (κ1) is 38.9. The van der Waals surface area contributed by atoms with Crippen LogP contribution in [0.5, 0.6) is 0 Å². The number of rotatable bonds is 6. The standard InChI is InChI=1S/C67H41NO2/c1-3-18-42(19-4-1)43-34-37-46(38-35-43)68(58-30-15-10-22-47(58)44-20-5-2-6-21-44)59-31-17-33-61-64(59)53-41-62-65(52-26-11-16-32-60(52)69-62)63(66(53)70-61)45-36-39-51-50-25-9-14-29-56(50)67(57(51)40-45)54-27-12-7-23-48(54)49-24-8-13-28-55(49)67/h1-41H. The normalized spacial score (nSPS) is 13.0. The van der Waals surface area contributed by atoms with Crippen molar-refractivity contribution in [3.05, 3.63) is 271 Å². The van der Waals surface area contributed by atoms with E-state index in [-0.39, 0.29) is 0 Å². The van der Waals surface area contributed by atoms with Gasteiger partial charge in [-0.25, -0.2) is 0 Å². The monoisotopic (exact) mass is 891 g/mol. The molecule has 2 heterocycles. The summed E-state index contributed by atoms with van der Waals surface area (Å²) < 4.78 is 14.3. The molecule has 3 nitrogen and oxygen atoms in total. The predicted molar refractivity (Wildman–Crippen MR) is 288 cm³/mol. The van der Waals surface area contributed by atoms with Crippen molar-refractivity contribution >= 4 is 60.9 Å². The quantitative estimate of drug-likeness (QED) is 0.167. The van der Waals surface area contributed by atoms with Gasteiger partial charge in [0.25, 0.3) is 0 Å². The number of hydrogen-bond acceptors (Lipinski definition) is 3. The molecule has 15 rings (SSSR count). The third-order valence-electron chi connectivity index (χ3n) is 15.1. The van der Waals surface area contributed by atoms with E-state index in [4.69, 9.17) is 8.83 Å². The van der Waals surface area contributed by atoms with Crippen LogP contribution in [0.2, 0.25) is 0 Å². The Morgan fingerprint density at radius 2 is 0.829 bits per heavy atom. The molecule has 0 aliphatic heterocycles. The Bertz CT molecular complexity index is 4170. The Balaban J connectivity index is 1.02. The number of para-hydroxylation sites is 2. The lowest BCUT2D eigenvalue weighted by Gasteiger charge is -2.30. The molecule has 0 saturated carbocycles. The van der Waals surface area contributed by atoms with Crippen molar-refractivity contribution in [1.82, 2.24) is 0 Å². The molecule has 0 fully saturated rings. The van der Waals surface area contributed by atoms with Crippen LogP contribution in [0.4, 0.5) is 17.1 Å². The molecule has 0 atom stereocenters. The Morgan fingerprint density at radius 1 is 0.300 bits per heavy atom. The molecule has 326 valence electrons. The molecular weight excluding hydrogens is 851 g/mol. The van der Waals surface area contributed by atoms with Crippen LogP contribution in [0.15, 0.2) is 258 Å². The smallest absolute Gasteiger partial charge is 0.144 e. The average Bonchev–Trinajstić information content (AvgIpc) is 4.17. The van der Waals surface area contributed by atoms with E-state index in [1.165, 1.54) is 50.1 Å². The predicted octanol–water partition coefficient (Wildman–Crippen LogP) is 18.3. The number of nitrogens with zero attached hydrogens (tertiary/aromatic N) is 1. The maximum Gasteiger partial charge on any atom is 0.144 e. The van der Waals surface area contributed by atoms with Crippen molar-refractivity contribution in [2.75, 3.05) is 4.90 Å². The van der Waals surface area contributed by atoms with Crippen LogP contribution in [-0.2, 0) is 5.41 Å². The van der Waals surface area contributed by atoms with E-state index in [2.05, 4.69) is 254 Å². The summed E-state index contributed by atoms with van der Waals surface area (Å²) in [6, 6.07) is 90.2. The summed E-state index contributed by atoms with van der Waals surface area (Å²) in [5.74, 6) is 0. The lowest BCUT2D eigenvalue weighted by atomic mass is 9.70. The highest BCUT2D eigenvalue weighted by Crippen LogP contribution is 2.63. The second kappa shape index (κ2) is 14.9. The molecule has 0 bridgehead atoms. The Labute approximate surface area is 404 Å². The van der Waals surface area contributed by atoms with E-state index in [1.807, 2.05) is 0 Å². The van der Waals surface area contributed by atoms with Crippen molar-refractivity contribution in [1.29, 1.82) is 0 Å². The summed E-state index contributed by atoms with van der Waals surface area (Å²) in [5.41, 5.74) is 23.0. The molecule has 11 aromatic carbocycles. The summed E-state index contributed by atoms with van der Waals surface area (Å²) >= 11 is 0. The minimum absolute atomic E-state index is 0.496. The van der Waals surface area contributed by atoms with Gasteiger partial charge < -0.3 is 13.7 Å². The second-order valence-electron chi connectivity index (χ2n) is 18.6. The van der Waals surface area contributed by atoms with E-state index in [9.17, 15) is 0 Å². The largest absolute Gasteiger partial charge is 0.456 e. The zero-order valence-electron chi connectivity index (χ0n) is 37.9. The molecular formula is C67H41NO2. The molecule has 1 spiro atoms. The van der Waals surface area contributed by atoms with Gasteiger partial charge in [0.2, 0.25) is 0 Å². The molecule has 70 heavy (non-hydrogen) atoms. The van der Waals surface area contributed by atoms with Crippen molar-refractivity contribution in [3.63, 3.8) is 0 Å². The minimum Gasteiger partial charge on any atom is -0.456 e. The van der Waals surface area contributed by atoms with Gasteiger partial charge in [0.05, 0.1) is 22.2 Å². The van der Waals surface area contributed by atoms with Gasteiger partial charge in [-0.1, -0.05) is 200 Å². The summed E-state index contributed by atoms with van der Waals surface area (Å²) in [7, 11) is 0. The molecule has 0 saturated heterocycles. The fourth-order valence-electron chi connectivity index (χ4n) is 12.2. The highest BCUT2D eigenvalue weighted by atomic mass is 16.3. The van der Waals surface area contributed by atoms with Gasteiger partial charge in [-0.15, -0.1) is 0 Å².